The van der Waals surface area contributed by atoms with Gasteiger partial charge in [0.05, 0.1) is 15.1 Å². The lowest BCUT2D eigenvalue weighted by Gasteiger charge is -2.02. The fourth-order valence-corrected chi connectivity index (χ4v) is 3.94. The van der Waals surface area contributed by atoms with Gasteiger partial charge in [-0.25, -0.2) is 4.98 Å². The molecule has 0 spiro atoms. The molecule has 0 fully saturated rings. The van der Waals surface area contributed by atoms with Crippen LogP contribution in [-0.2, 0) is 0 Å². The zero-order valence-electron chi connectivity index (χ0n) is 16.4. The molecule has 5 rings (SSSR count). The SMILES string of the molecule is O=[N+]([O-])c1cc(Br)c(O)c(C=Nc2ccc3oc(-c4cccc5ccccc45)nc3c2)c1. The van der Waals surface area contributed by atoms with E-state index in [0.29, 0.717) is 22.7 Å². The number of hydrogen-bond acceptors (Lipinski definition) is 6. The van der Waals surface area contributed by atoms with Crippen LogP contribution in [-0.4, -0.2) is 21.2 Å². The van der Waals surface area contributed by atoms with Crippen molar-refractivity contribution < 1.29 is 14.4 Å². The van der Waals surface area contributed by atoms with Gasteiger partial charge in [-0.2, -0.15) is 0 Å². The van der Waals surface area contributed by atoms with E-state index in [1.165, 1.54) is 18.3 Å². The fourth-order valence-electron chi connectivity index (χ4n) is 3.48. The molecular formula is C24H14BrN3O4. The second kappa shape index (κ2) is 7.90. The third-order valence-electron chi connectivity index (χ3n) is 5.03. The third kappa shape index (κ3) is 3.61. The molecule has 0 saturated heterocycles. The molecule has 1 N–H and O–H groups in total. The molecule has 0 radical (unpaired) electrons. The van der Waals surface area contributed by atoms with Crippen molar-refractivity contribution in [2.75, 3.05) is 0 Å². The summed E-state index contributed by atoms with van der Waals surface area (Å²) in [5, 5.41) is 23.4. The van der Waals surface area contributed by atoms with Crippen LogP contribution in [0, 0.1) is 10.1 Å². The Labute approximate surface area is 189 Å². The number of phenols is 1. The predicted molar refractivity (Wildman–Crippen MR) is 127 cm³/mol. The molecule has 0 saturated carbocycles. The van der Waals surface area contributed by atoms with E-state index < -0.39 is 4.92 Å². The lowest BCUT2D eigenvalue weighted by molar-refractivity contribution is -0.385. The van der Waals surface area contributed by atoms with E-state index in [2.05, 4.69) is 25.9 Å². The molecule has 5 aromatic rings. The van der Waals surface area contributed by atoms with Crippen LogP contribution in [0.15, 0.2) is 86.7 Å². The Kier molecular flexibility index (Phi) is 4.91. The highest BCUT2D eigenvalue weighted by Crippen LogP contribution is 2.33. The van der Waals surface area contributed by atoms with Gasteiger partial charge in [0.15, 0.2) is 5.58 Å². The first-order chi connectivity index (χ1) is 15.5. The molecule has 1 aromatic heterocycles. The quantitative estimate of drug-likeness (QED) is 0.171. The number of aromatic hydroxyl groups is 1. The van der Waals surface area contributed by atoms with Crippen molar-refractivity contribution >= 4 is 55.4 Å². The zero-order chi connectivity index (χ0) is 22.2. The van der Waals surface area contributed by atoms with Crippen molar-refractivity contribution in [1.29, 1.82) is 0 Å². The Morgan fingerprint density at radius 1 is 1.06 bits per heavy atom. The average molecular weight is 488 g/mol. The molecule has 0 aliphatic carbocycles. The van der Waals surface area contributed by atoms with Crippen LogP contribution in [0.25, 0.3) is 33.3 Å². The Balaban J connectivity index is 1.52. The first-order valence-electron chi connectivity index (χ1n) is 9.59. The lowest BCUT2D eigenvalue weighted by Crippen LogP contribution is -1.91. The molecule has 4 aromatic carbocycles. The second-order valence-corrected chi connectivity index (χ2v) is 7.93. The van der Waals surface area contributed by atoms with E-state index in [4.69, 9.17) is 4.42 Å². The number of rotatable bonds is 4. The fraction of sp³-hybridized carbons (Fsp3) is 0. The van der Waals surface area contributed by atoms with Crippen molar-refractivity contribution in [2.45, 2.75) is 0 Å². The smallest absolute Gasteiger partial charge is 0.271 e. The average Bonchev–Trinajstić information content (AvgIpc) is 3.22. The number of benzene rings is 4. The number of aliphatic imine (C=N–C) groups is 1. The van der Waals surface area contributed by atoms with Gasteiger partial charge in [0.25, 0.3) is 5.69 Å². The summed E-state index contributed by atoms with van der Waals surface area (Å²) in [4.78, 5) is 19.5. The molecule has 0 bridgehead atoms. The normalized spacial score (nSPS) is 11.5. The summed E-state index contributed by atoms with van der Waals surface area (Å²) in [6.45, 7) is 0. The number of fused-ring (bicyclic) bond motifs is 2. The highest BCUT2D eigenvalue weighted by Gasteiger charge is 2.14. The molecule has 0 aliphatic heterocycles. The Morgan fingerprint density at radius 2 is 1.88 bits per heavy atom. The van der Waals surface area contributed by atoms with E-state index in [1.54, 1.807) is 18.2 Å². The molecule has 0 unspecified atom stereocenters. The molecule has 8 heteroatoms. The first kappa shape index (κ1) is 19.9. The zero-order valence-corrected chi connectivity index (χ0v) is 18.0. The minimum atomic E-state index is -0.530. The third-order valence-corrected chi connectivity index (χ3v) is 5.64. The van der Waals surface area contributed by atoms with Crippen LogP contribution in [0.1, 0.15) is 5.56 Å². The van der Waals surface area contributed by atoms with Gasteiger partial charge < -0.3 is 9.52 Å². The Hall–Kier alpha value is -4.04. The number of phenolic OH excluding ortho intramolecular Hbond substituents is 1. The van der Waals surface area contributed by atoms with Crippen LogP contribution < -0.4 is 0 Å². The lowest BCUT2D eigenvalue weighted by atomic mass is 10.0. The maximum absolute atomic E-state index is 11.1. The van der Waals surface area contributed by atoms with E-state index in [9.17, 15) is 15.2 Å². The molecule has 0 amide bonds. The summed E-state index contributed by atoms with van der Waals surface area (Å²) in [5.74, 6) is 0.387. The van der Waals surface area contributed by atoms with Crippen molar-refractivity contribution in [3.63, 3.8) is 0 Å². The molecule has 0 aliphatic rings. The van der Waals surface area contributed by atoms with Crippen LogP contribution in [0.5, 0.6) is 5.75 Å². The number of aromatic nitrogens is 1. The van der Waals surface area contributed by atoms with Crippen LogP contribution >= 0.6 is 15.9 Å². The van der Waals surface area contributed by atoms with Crippen molar-refractivity contribution in [3.8, 4) is 17.2 Å². The Morgan fingerprint density at radius 3 is 2.72 bits per heavy atom. The number of hydrogen-bond donors (Lipinski definition) is 1. The molecule has 1 heterocycles. The van der Waals surface area contributed by atoms with Crippen LogP contribution in [0.2, 0.25) is 0 Å². The molecular weight excluding hydrogens is 474 g/mol. The van der Waals surface area contributed by atoms with Gasteiger partial charge >= 0.3 is 0 Å². The highest BCUT2D eigenvalue weighted by atomic mass is 79.9. The van der Waals surface area contributed by atoms with E-state index in [0.717, 1.165) is 16.3 Å². The number of halogens is 1. The maximum Gasteiger partial charge on any atom is 0.271 e. The van der Waals surface area contributed by atoms with E-state index >= 15 is 0 Å². The van der Waals surface area contributed by atoms with Gasteiger partial charge in [-0.1, -0.05) is 36.4 Å². The largest absolute Gasteiger partial charge is 0.506 e. The summed E-state index contributed by atoms with van der Waals surface area (Å²) in [6.07, 6.45) is 1.37. The van der Waals surface area contributed by atoms with Crippen LogP contribution in [0.4, 0.5) is 11.4 Å². The molecule has 32 heavy (non-hydrogen) atoms. The van der Waals surface area contributed by atoms with Crippen LogP contribution in [0.3, 0.4) is 0 Å². The molecule has 156 valence electrons. The number of nitro groups is 1. The van der Waals surface area contributed by atoms with Gasteiger partial charge in [0, 0.05) is 29.5 Å². The number of oxazole rings is 1. The first-order valence-corrected chi connectivity index (χ1v) is 10.4. The van der Waals surface area contributed by atoms with Gasteiger partial charge in [0.1, 0.15) is 11.3 Å². The summed E-state index contributed by atoms with van der Waals surface area (Å²) >= 11 is 3.13. The van der Waals surface area contributed by atoms with Gasteiger partial charge in [-0.15, -0.1) is 0 Å². The summed E-state index contributed by atoms with van der Waals surface area (Å²) in [7, 11) is 0. The number of nitrogens with zero attached hydrogens (tertiary/aromatic N) is 3. The van der Waals surface area contributed by atoms with Gasteiger partial charge in [0.2, 0.25) is 5.89 Å². The summed E-state index contributed by atoms with van der Waals surface area (Å²) < 4.78 is 6.19. The number of nitro benzene ring substituents is 1. The monoisotopic (exact) mass is 487 g/mol. The van der Waals surface area contributed by atoms with E-state index in [-0.39, 0.29) is 21.5 Å². The van der Waals surface area contributed by atoms with Crippen molar-refractivity contribution in [2.24, 2.45) is 4.99 Å². The van der Waals surface area contributed by atoms with Gasteiger partial charge in [-0.3, -0.25) is 15.1 Å². The molecule has 0 atom stereocenters. The maximum atomic E-state index is 11.1. The topological polar surface area (TPSA) is 102 Å². The van der Waals surface area contributed by atoms with E-state index in [1.807, 2.05) is 42.5 Å². The predicted octanol–water partition coefficient (Wildman–Crippen LogP) is 6.77. The highest BCUT2D eigenvalue weighted by molar-refractivity contribution is 9.10. The molecule has 7 nitrogen and oxygen atoms in total. The van der Waals surface area contributed by atoms with Gasteiger partial charge in [-0.05, 0) is 51.0 Å². The van der Waals surface area contributed by atoms with Crippen molar-refractivity contribution in [1.82, 2.24) is 4.98 Å². The standard InChI is InChI=1S/C24H14BrN3O4/c25-20-12-17(28(30)31)10-15(23(20)29)13-26-16-8-9-22-21(11-16)27-24(32-22)19-7-3-5-14-4-1-2-6-18(14)19/h1-13,29H. The minimum absolute atomic E-state index is 0.125. The summed E-state index contributed by atoms with van der Waals surface area (Å²) in [6, 6.07) is 21.8. The Bertz CT molecular complexity index is 1540. The number of non-ortho nitro benzene ring substituents is 1. The van der Waals surface area contributed by atoms with Crippen molar-refractivity contribution in [3.05, 3.63) is 92.9 Å². The summed E-state index contributed by atoms with van der Waals surface area (Å²) in [5.41, 5.74) is 2.79. The second-order valence-electron chi connectivity index (χ2n) is 7.08. The minimum Gasteiger partial charge on any atom is -0.506 e.